The van der Waals surface area contributed by atoms with Gasteiger partial charge in [-0.2, -0.15) is 0 Å². The van der Waals surface area contributed by atoms with E-state index < -0.39 is 97.0 Å². The van der Waals surface area contributed by atoms with Gasteiger partial charge >= 0.3 is 11.9 Å². The van der Waals surface area contributed by atoms with Crippen LogP contribution < -0.4 is 44.2 Å². The first kappa shape index (κ1) is 84.4. The summed E-state index contributed by atoms with van der Waals surface area (Å²) >= 11 is 0. The van der Waals surface area contributed by atoms with Gasteiger partial charge < -0.3 is 116 Å². The Bertz CT molecular complexity index is 2050. The number of hydrogen-bond acceptors (Lipinski definition) is 21. The number of nitrogens with zero attached hydrogens (tertiary/aromatic N) is 3. The number of carbonyl (C=O) groups is 7. The first-order chi connectivity index (χ1) is 45.2. The third-order valence-corrected chi connectivity index (χ3v) is 16.1. The Hall–Kier alpha value is -5.65. The van der Waals surface area contributed by atoms with Crippen molar-refractivity contribution in [2.45, 2.75) is 136 Å². The number of carboxylic acid groups (broad SMARTS) is 2. The predicted octanol–water partition coefficient (Wildman–Crippen LogP) is -0.609. The molecule has 94 heavy (non-hydrogen) atoms. The Morgan fingerprint density at radius 3 is 1.06 bits per heavy atom. The molecule has 10 atom stereocenters. The van der Waals surface area contributed by atoms with Gasteiger partial charge in [-0.1, -0.05) is 60.3 Å². The van der Waals surface area contributed by atoms with Crippen molar-refractivity contribution in [3.63, 3.8) is 0 Å². The van der Waals surface area contributed by atoms with E-state index in [-0.39, 0.29) is 173 Å². The summed E-state index contributed by atoms with van der Waals surface area (Å²) in [6.45, 7) is 19.0. The Kier molecular flexibility index (Phi) is 46.4. The van der Waals surface area contributed by atoms with Gasteiger partial charge in [0.05, 0.1) is 168 Å². The molecule has 0 radical (unpaired) electrons. The lowest BCUT2D eigenvalue weighted by molar-refractivity contribution is -0.150. The van der Waals surface area contributed by atoms with Crippen molar-refractivity contribution in [3.05, 3.63) is 0 Å². The topological polar surface area (TPSA) is 451 Å². The van der Waals surface area contributed by atoms with Crippen LogP contribution in [0, 0.1) is 35.5 Å². The van der Waals surface area contributed by atoms with Crippen LogP contribution in [0.2, 0.25) is 0 Å². The molecule has 0 spiro atoms. The number of carboxylic acids is 2. The van der Waals surface area contributed by atoms with Crippen LogP contribution in [-0.2, 0) is 90.4 Å². The van der Waals surface area contributed by atoms with Crippen molar-refractivity contribution < 1.29 is 101 Å². The van der Waals surface area contributed by atoms with Crippen molar-refractivity contribution in [1.29, 1.82) is 0 Å². The molecule has 0 heterocycles. The van der Waals surface area contributed by atoms with E-state index in [1.165, 1.54) is 13.8 Å². The van der Waals surface area contributed by atoms with E-state index in [1.54, 1.807) is 4.90 Å². The lowest BCUT2D eigenvalue weighted by atomic mass is 9.80. The minimum Gasteiger partial charge on any atom is -0.481 e. The maximum Gasteiger partial charge on any atom is 0.309 e. The van der Waals surface area contributed by atoms with Crippen LogP contribution in [0.3, 0.4) is 0 Å². The zero-order valence-electron chi connectivity index (χ0n) is 56.8. The number of amides is 5. The summed E-state index contributed by atoms with van der Waals surface area (Å²) in [6, 6.07) is -2.32. The number of aliphatic carboxylic acids is 2. The first-order valence-corrected chi connectivity index (χ1v) is 33.2. The van der Waals surface area contributed by atoms with Gasteiger partial charge in [0.15, 0.2) is 11.9 Å². The third-order valence-electron chi connectivity index (χ3n) is 16.1. The highest BCUT2D eigenvalue weighted by Gasteiger charge is 2.54. The number of aliphatic imine (C=N–C) groups is 2. The van der Waals surface area contributed by atoms with Gasteiger partial charge in [0.2, 0.25) is 29.5 Å². The van der Waals surface area contributed by atoms with Gasteiger partial charge in [-0.05, 0) is 31.1 Å². The van der Waals surface area contributed by atoms with E-state index >= 15 is 0 Å². The molecule has 32 heteroatoms. The number of nitrogens with one attached hydrogen (secondary N) is 4. The number of guanidine groups is 2. The maximum atomic E-state index is 13.3. The summed E-state index contributed by atoms with van der Waals surface area (Å²) in [6.07, 6.45) is 2.08. The smallest absolute Gasteiger partial charge is 0.309 e. The van der Waals surface area contributed by atoms with E-state index in [9.17, 15) is 43.8 Å². The Labute approximate surface area is 554 Å². The van der Waals surface area contributed by atoms with Crippen LogP contribution in [0.1, 0.15) is 99.8 Å². The largest absolute Gasteiger partial charge is 0.481 e. The van der Waals surface area contributed by atoms with E-state index in [4.69, 9.17) is 79.8 Å². The fourth-order valence-corrected chi connectivity index (χ4v) is 11.7. The summed E-state index contributed by atoms with van der Waals surface area (Å²) in [5, 5.41) is 31.7. The molecule has 2 aliphatic carbocycles. The predicted molar refractivity (Wildman–Crippen MR) is 346 cm³/mol. The van der Waals surface area contributed by atoms with E-state index in [2.05, 4.69) is 31.3 Å². The van der Waals surface area contributed by atoms with Gasteiger partial charge in [0.1, 0.15) is 13.2 Å². The quantitative estimate of drug-likeness (QED) is 0.0206. The fraction of sp³-hybridized carbons (Fsp3) is 0.855. The van der Waals surface area contributed by atoms with Crippen LogP contribution >= 0.6 is 0 Å². The van der Waals surface area contributed by atoms with Crippen LogP contribution in [-0.4, -0.2) is 276 Å². The average Bonchev–Trinajstić information content (AvgIpc) is 1.64. The molecular weight excluding hydrogens is 1230 g/mol. The van der Waals surface area contributed by atoms with Gasteiger partial charge in [-0.15, -0.1) is 0 Å². The van der Waals surface area contributed by atoms with Crippen LogP contribution in [0.4, 0.5) is 0 Å². The van der Waals surface area contributed by atoms with Crippen LogP contribution in [0.25, 0.3) is 0 Å². The number of hydrogen-bond donors (Lipinski definition) is 10. The highest BCUT2D eigenvalue weighted by atomic mass is 16.6. The fourth-order valence-electron chi connectivity index (χ4n) is 11.7. The molecule has 0 aromatic carbocycles. The lowest BCUT2D eigenvalue weighted by Crippen LogP contribution is -2.52. The summed E-state index contributed by atoms with van der Waals surface area (Å²) in [5.74, 6) is -7.67. The maximum absolute atomic E-state index is 13.3. The Morgan fingerprint density at radius 1 is 0.457 bits per heavy atom. The molecular formula is C62H115N11O21. The minimum atomic E-state index is -1.12. The molecule has 32 nitrogen and oxygen atoms in total. The number of nitrogens with two attached hydrogens (primary N) is 4. The van der Waals surface area contributed by atoms with E-state index in [0.717, 1.165) is 6.42 Å². The molecule has 0 unspecified atom stereocenters. The highest BCUT2D eigenvalue weighted by Crippen LogP contribution is 2.43. The summed E-state index contributed by atoms with van der Waals surface area (Å²) in [4.78, 5) is 99.0. The standard InChI is InChI=1S/C62H115N11O21/c1-8-18-83-24-30-89-36-37-90-31-25-84-19-13-52(78)73(16-22-87-28-34-91-32-26-85-20-14-67-50(76)40-93-57-46(59(79)80)38-48(71-61(63)64)53(57)55(69-42(6)74)44(9-2)10-3)17-23-88-29-35-92-33-27-86-21-15-68-51(77)41-94-58-47(60(81)82)39-49(72-62(65)66)54(58)56(70-43(7)75)45(11-4)12-5/h44-49,53-58H,8-41H2,1-7H3,(H,67,76)(H,68,77)(H,69,74)(H,70,75)(H,79,80)(H,81,82)(H4,63,64,71)(H4,65,66,72)/t46-,47-,48+,49+,53+,54+,55+,56+,57-,58+/m0/s1. The number of rotatable bonds is 58. The first-order valence-electron chi connectivity index (χ1n) is 33.2. The summed E-state index contributed by atoms with van der Waals surface area (Å²) in [5.41, 5.74) is 23.0. The van der Waals surface area contributed by atoms with E-state index in [1.807, 2.05) is 34.6 Å². The lowest BCUT2D eigenvalue weighted by Gasteiger charge is -2.37. The molecule has 0 bridgehead atoms. The SMILES string of the molecule is CCCOCCOCCOCCOCCC(=O)N(CCOCCOCCOCCNC(=O)CO[C@@H]1[C@@H]([C@H](NC(C)=O)C(CC)CC)[C@H](N=C(N)N)C[C@@H]1C(=O)O)CCOCCOCCOCCNC(=O)CO[C@H]1[C@@H]([C@H](NC(C)=O)C(CC)CC)[C@H](N=C(N)N)C[C@@H]1C(=O)O. The van der Waals surface area contributed by atoms with Crippen molar-refractivity contribution >= 4 is 53.4 Å². The summed E-state index contributed by atoms with van der Waals surface area (Å²) < 4.78 is 68.2. The average molecular weight is 1350 g/mol. The van der Waals surface area contributed by atoms with Gasteiger partial charge in [-0.25, -0.2) is 9.98 Å². The molecule has 2 aliphatic rings. The number of carbonyl (C=O) groups excluding carboxylic acids is 5. The van der Waals surface area contributed by atoms with Crippen LogP contribution in [0.5, 0.6) is 0 Å². The molecule has 0 saturated heterocycles. The second kappa shape index (κ2) is 51.6. The monoisotopic (exact) mass is 1350 g/mol. The van der Waals surface area contributed by atoms with Crippen molar-refractivity contribution in [3.8, 4) is 0 Å². The second-order valence-electron chi connectivity index (χ2n) is 22.9. The van der Waals surface area contributed by atoms with Gasteiger partial charge in [-0.3, -0.25) is 33.6 Å². The van der Waals surface area contributed by atoms with E-state index in [0.29, 0.717) is 71.9 Å². The molecule has 5 amide bonds. The molecule has 2 saturated carbocycles. The van der Waals surface area contributed by atoms with Gasteiger partial charge in [0, 0.05) is 70.6 Å². The second-order valence-corrected chi connectivity index (χ2v) is 22.9. The highest BCUT2D eigenvalue weighted by molar-refractivity contribution is 5.79. The molecule has 0 aliphatic heterocycles. The molecule has 14 N–H and O–H groups in total. The zero-order valence-corrected chi connectivity index (χ0v) is 56.8. The molecule has 0 aromatic heterocycles. The Balaban J connectivity index is 1.75. The van der Waals surface area contributed by atoms with Crippen molar-refractivity contribution in [2.24, 2.45) is 68.4 Å². The molecule has 544 valence electrons. The Morgan fingerprint density at radius 2 is 0.766 bits per heavy atom. The minimum absolute atomic E-state index is 0.0286. The zero-order chi connectivity index (χ0) is 69.5. The van der Waals surface area contributed by atoms with Crippen molar-refractivity contribution in [2.75, 3.05) is 172 Å². The van der Waals surface area contributed by atoms with Crippen LogP contribution in [0.15, 0.2) is 9.98 Å². The summed E-state index contributed by atoms with van der Waals surface area (Å²) in [7, 11) is 0. The number of ether oxygens (including phenoxy) is 12. The molecule has 0 aromatic rings. The molecule has 2 rings (SSSR count). The third kappa shape index (κ3) is 35.4. The van der Waals surface area contributed by atoms with Gasteiger partial charge in [0.25, 0.3) is 0 Å². The molecule has 2 fully saturated rings. The normalized spacial score (nSPS) is 20.0. The van der Waals surface area contributed by atoms with Crippen molar-refractivity contribution in [1.82, 2.24) is 26.2 Å².